The minimum absolute atomic E-state index is 0.0803. The topological polar surface area (TPSA) is 105 Å². The van der Waals surface area contributed by atoms with Crippen LogP contribution < -0.4 is 11.1 Å². The molecule has 1 aromatic carbocycles. The van der Waals surface area contributed by atoms with Gasteiger partial charge in [-0.25, -0.2) is 14.8 Å². The monoisotopic (exact) mass is 365 g/mol. The zero-order valence-electron chi connectivity index (χ0n) is 13.5. The molecule has 26 heavy (non-hydrogen) atoms. The Morgan fingerprint density at radius 2 is 2.15 bits per heavy atom. The van der Waals surface area contributed by atoms with Crippen molar-refractivity contribution >= 4 is 34.6 Å². The number of thiazole rings is 1. The van der Waals surface area contributed by atoms with E-state index >= 15 is 0 Å². The second-order valence-corrected chi connectivity index (χ2v) is 6.55. The predicted molar refractivity (Wildman–Crippen MR) is 102 cm³/mol. The van der Waals surface area contributed by atoms with Crippen LogP contribution in [0, 0.1) is 0 Å². The summed E-state index contributed by atoms with van der Waals surface area (Å²) in [6.45, 7) is 0. The van der Waals surface area contributed by atoms with Crippen LogP contribution >= 0.6 is 11.3 Å². The number of aromatic nitrogens is 2. The minimum atomic E-state index is -1.55. The Kier molecular flexibility index (Phi) is 3.90. The molecule has 0 amide bonds. The molecule has 7 nitrogen and oxygen atoms in total. The Labute approximate surface area is 152 Å². The molecule has 1 aliphatic rings. The van der Waals surface area contributed by atoms with Gasteiger partial charge in [-0.15, -0.1) is 11.3 Å². The highest BCUT2D eigenvalue weighted by Gasteiger charge is 2.34. The molecule has 8 heteroatoms. The predicted octanol–water partition coefficient (Wildman–Crippen LogP) is 2.33. The Morgan fingerprint density at radius 1 is 1.35 bits per heavy atom. The molecule has 3 heterocycles. The van der Waals surface area contributed by atoms with Gasteiger partial charge in [0.05, 0.1) is 11.4 Å². The standard InChI is InChI=1S/C18H15N5O2S/c19-18(20-7-4-8-21-18)13(16(24)25)11-14-15(12-5-2-1-3-6-12)22-17-23(14)9-10-26-17/h1-11,20H,19H2,(H,24,25)/b13-11+. The van der Waals surface area contributed by atoms with Crippen molar-refractivity contribution in [1.29, 1.82) is 0 Å². The van der Waals surface area contributed by atoms with Crippen LogP contribution in [0.1, 0.15) is 5.69 Å². The lowest BCUT2D eigenvalue weighted by Crippen LogP contribution is -2.54. The van der Waals surface area contributed by atoms with Crippen LogP contribution in [0.25, 0.3) is 22.3 Å². The van der Waals surface area contributed by atoms with Crippen molar-refractivity contribution in [3.05, 3.63) is 65.5 Å². The van der Waals surface area contributed by atoms with Crippen molar-refractivity contribution in [3.8, 4) is 11.3 Å². The van der Waals surface area contributed by atoms with Crippen LogP contribution in [0.5, 0.6) is 0 Å². The van der Waals surface area contributed by atoms with E-state index in [2.05, 4.69) is 15.3 Å². The first kappa shape index (κ1) is 16.2. The Bertz CT molecular complexity index is 1060. The molecule has 1 unspecified atom stereocenters. The van der Waals surface area contributed by atoms with Gasteiger partial charge in [-0.2, -0.15) is 0 Å². The number of aliphatic carboxylic acids is 1. The smallest absolute Gasteiger partial charge is 0.337 e. The summed E-state index contributed by atoms with van der Waals surface area (Å²) in [5, 5.41) is 14.5. The summed E-state index contributed by atoms with van der Waals surface area (Å²) in [4.78, 5) is 21.5. The molecular formula is C18H15N5O2S. The maximum atomic E-state index is 11.9. The van der Waals surface area contributed by atoms with Gasteiger partial charge in [0.2, 0.25) is 5.79 Å². The molecule has 3 aromatic rings. The van der Waals surface area contributed by atoms with Crippen LogP contribution in [-0.4, -0.2) is 32.5 Å². The van der Waals surface area contributed by atoms with E-state index in [9.17, 15) is 9.90 Å². The lowest BCUT2D eigenvalue weighted by Gasteiger charge is -2.27. The lowest BCUT2D eigenvalue weighted by molar-refractivity contribution is -0.133. The summed E-state index contributed by atoms with van der Waals surface area (Å²) in [5.74, 6) is -2.70. The van der Waals surface area contributed by atoms with Crippen LogP contribution in [0.3, 0.4) is 0 Å². The van der Waals surface area contributed by atoms with Gasteiger partial charge in [0.25, 0.3) is 0 Å². The first-order valence-electron chi connectivity index (χ1n) is 7.82. The number of allylic oxidation sites excluding steroid dienone is 1. The molecule has 2 aromatic heterocycles. The Hall–Kier alpha value is -3.23. The maximum absolute atomic E-state index is 11.9. The minimum Gasteiger partial charge on any atom is -0.478 e. The van der Waals surface area contributed by atoms with Gasteiger partial charge in [0, 0.05) is 29.6 Å². The fraction of sp³-hybridized carbons (Fsp3) is 0.0556. The zero-order chi connectivity index (χ0) is 18.1. The molecule has 0 spiro atoms. The van der Waals surface area contributed by atoms with Gasteiger partial charge in [-0.3, -0.25) is 10.1 Å². The average molecular weight is 365 g/mol. The number of nitrogens with one attached hydrogen (secondary N) is 1. The highest BCUT2D eigenvalue weighted by molar-refractivity contribution is 7.15. The van der Waals surface area contributed by atoms with E-state index in [1.165, 1.54) is 23.6 Å². The lowest BCUT2D eigenvalue weighted by atomic mass is 10.0. The van der Waals surface area contributed by atoms with Crippen molar-refractivity contribution in [2.45, 2.75) is 5.79 Å². The fourth-order valence-electron chi connectivity index (χ4n) is 2.78. The Morgan fingerprint density at radius 3 is 2.85 bits per heavy atom. The highest BCUT2D eigenvalue weighted by Crippen LogP contribution is 2.30. The number of carboxylic acids is 1. The second-order valence-electron chi connectivity index (χ2n) is 5.68. The number of carbonyl (C=O) groups is 1. The molecular weight excluding hydrogens is 350 g/mol. The van der Waals surface area contributed by atoms with Crippen LogP contribution in [0.15, 0.2) is 64.8 Å². The zero-order valence-corrected chi connectivity index (χ0v) is 14.4. The molecule has 1 atom stereocenters. The summed E-state index contributed by atoms with van der Waals surface area (Å²) < 4.78 is 1.85. The molecule has 0 saturated heterocycles. The summed E-state index contributed by atoms with van der Waals surface area (Å²) in [6, 6.07) is 9.61. The summed E-state index contributed by atoms with van der Waals surface area (Å²) >= 11 is 1.47. The number of hydrogen-bond acceptors (Lipinski definition) is 6. The van der Waals surface area contributed by atoms with Crippen LogP contribution in [0.2, 0.25) is 0 Å². The van der Waals surface area contributed by atoms with Gasteiger partial charge in [-0.05, 0) is 12.2 Å². The first-order valence-corrected chi connectivity index (χ1v) is 8.70. The highest BCUT2D eigenvalue weighted by atomic mass is 32.1. The summed E-state index contributed by atoms with van der Waals surface area (Å²) in [5.41, 5.74) is 8.34. The van der Waals surface area contributed by atoms with Crippen LogP contribution in [0.4, 0.5) is 0 Å². The number of nitrogens with zero attached hydrogens (tertiary/aromatic N) is 3. The van der Waals surface area contributed by atoms with E-state index < -0.39 is 11.8 Å². The number of aliphatic imine (C=N–C) groups is 1. The third kappa shape index (κ3) is 2.71. The number of benzene rings is 1. The number of fused-ring (bicyclic) bond motifs is 1. The number of carboxylic acid groups (broad SMARTS) is 1. The number of hydrogen-bond donors (Lipinski definition) is 3. The van der Waals surface area contributed by atoms with Gasteiger partial charge < -0.3 is 10.4 Å². The molecule has 0 bridgehead atoms. The molecule has 4 N–H and O–H groups in total. The molecule has 0 radical (unpaired) electrons. The van der Waals surface area contributed by atoms with E-state index in [1.54, 1.807) is 12.3 Å². The molecule has 4 rings (SSSR count). The SMILES string of the molecule is NC1(/C(=C/c2c(-c3ccccc3)nc3sccn23)C(=O)O)N=CC=CN1. The van der Waals surface area contributed by atoms with Crippen molar-refractivity contribution in [2.24, 2.45) is 10.7 Å². The number of rotatable bonds is 4. The van der Waals surface area contributed by atoms with Crippen molar-refractivity contribution < 1.29 is 9.90 Å². The normalized spacial score (nSPS) is 19.7. The fourth-order valence-corrected chi connectivity index (χ4v) is 3.51. The van der Waals surface area contributed by atoms with Gasteiger partial charge >= 0.3 is 5.97 Å². The van der Waals surface area contributed by atoms with Gasteiger partial charge in [-0.1, -0.05) is 30.3 Å². The molecule has 0 saturated carbocycles. The number of imidazole rings is 1. The van der Waals surface area contributed by atoms with Crippen LogP contribution in [-0.2, 0) is 4.79 Å². The second kappa shape index (κ2) is 6.25. The van der Waals surface area contributed by atoms with E-state index in [-0.39, 0.29) is 5.57 Å². The Balaban J connectivity index is 1.93. The van der Waals surface area contributed by atoms with E-state index in [0.717, 1.165) is 10.5 Å². The van der Waals surface area contributed by atoms with E-state index in [1.807, 2.05) is 46.3 Å². The van der Waals surface area contributed by atoms with Crippen molar-refractivity contribution in [2.75, 3.05) is 0 Å². The molecule has 0 fully saturated rings. The van der Waals surface area contributed by atoms with Crippen molar-refractivity contribution in [3.63, 3.8) is 0 Å². The molecule has 130 valence electrons. The van der Waals surface area contributed by atoms with Gasteiger partial charge in [0.15, 0.2) is 4.96 Å². The molecule has 1 aliphatic heterocycles. The number of nitrogens with two attached hydrogens (primary N) is 1. The summed E-state index contributed by atoms with van der Waals surface area (Å²) in [7, 11) is 0. The van der Waals surface area contributed by atoms with Gasteiger partial charge in [0.1, 0.15) is 5.57 Å². The third-order valence-electron chi connectivity index (χ3n) is 4.03. The summed E-state index contributed by atoms with van der Waals surface area (Å²) in [6.07, 6.45) is 8.07. The van der Waals surface area contributed by atoms with E-state index in [4.69, 9.17) is 5.73 Å². The van der Waals surface area contributed by atoms with Crippen molar-refractivity contribution in [1.82, 2.24) is 14.7 Å². The molecule has 0 aliphatic carbocycles. The third-order valence-corrected chi connectivity index (χ3v) is 4.79. The maximum Gasteiger partial charge on any atom is 0.337 e. The van der Waals surface area contributed by atoms with E-state index in [0.29, 0.717) is 11.4 Å². The first-order chi connectivity index (χ1) is 12.6. The average Bonchev–Trinajstić information content (AvgIpc) is 3.22. The quantitative estimate of drug-likeness (QED) is 0.616. The largest absolute Gasteiger partial charge is 0.478 e.